The van der Waals surface area contributed by atoms with E-state index in [-0.39, 0.29) is 0 Å². The lowest BCUT2D eigenvalue weighted by molar-refractivity contribution is 0.440. The summed E-state index contributed by atoms with van der Waals surface area (Å²) in [6.45, 7) is 3.23. The molecule has 0 saturated heterocycles. The zero-order chi connectivity index (χ0) is 6.24. The Morgan fingerprint density at radius 2 is 2.38 bits per heavy atom. The van der Waals surface area contributed by atoms with E-state index >= 15 is 0 Å². The molecule has 0 fully saturated rings. The van der Waals surface area contributed by atoms with Gasteiger partial charge in [-0.3, -0.25) is 0 Å². The number of nitrogens with two attached hydrogens (primary N) is 1. The van der Waals surface area contributed by atoms with Crippen molar-refractivity contribution in [2.24, 2.45) is 5.73 Å². The molecule has 2 heteroatoms. The lowest BCUT2D eigenvalue weighted by Crippen LogP contribution is -1.76. The molecule has 0 atom stereocenters. The lowest BCUT2D eigenvalue weighted by atomic mass is 10.8. The van der Waals surface area contributed by atoms with E-state index in [1.54, 1.807) is 0 Å². The van der Waals surface area contributed by atoms with Gasteiger partial charge < -0.3 is 10.5 Å². The van der Waals surface area contributed by atoms with Gasteiger partial charge in [0.15, 0.2) is 6.26 Å². The first-order valence-electron chi connectivity index (χ1n) is 1.87. The quantitative estimate of drug-likeness (QED) is 0.227. The molecule has 0 amide bonds. The topological polar surface area (TPSA) is 35.2 Å². The van der Waals surface area contributed by atoms with Crippen LogP contribution in [0.4, 0.5) is 0 Å². The summed E-state index contributed by atoms with van der Waals surface area (Å²) in [6, 6.07) is 2.03. The lowest BCUT2D eigenvalue weighted by Gasteiger charge is -1.72. The van der Waals surface area contributed by atoms with Gasteiger partial charge in [-0.25, -0.2) is 0 Å². The highest BCUT2D eigenvalue weighted by molar-refractivity contribution is 4.87. The summed E-state index contributed by atoms with van der Waals surface area (Å²) in [6.07, 6.45) is 3.34. The van der Waals surface area contributed by atoms with Gasteiger partial charge in [0.2, 0.25) is 0 Å². The molecule has 0 heterocycles. The van der Waals surface area contributed by atoms with Crippen molar-refractivity contribution in [3.63, 3.8) is 0 Å². The monoisotopic (exact) mass is 107 g/mol. The third kappa shape index (κ3) is 4.46. The van der Waals surface area contributed by atoms with E-state index in [2.05, 4.69) is 28.9 Å². The fraction of sp³-hybridized carbons (Fsp3) is 0. The van der Waals surface area contributed by atoms with Crippen LogP contribution in [0, 0.1) is 12.2 Å². The van der Waals surface area contributed by atoms with Crippen LogP contribution >= 0.6 is 0 Å². The SMILES string of the molecule is C=C=C=COC#CN. The Hall–Kier alpha value is -1.54. The minimum Gasteiger partial charge on any atom is -0.405 e. The average Bonchev–Trinajstić information content (AvgIpc) is 1.81. The fourth-order valence-corrected chi connectivity index (χ4v) is 0.135. The van der Waals surface area contributed by atoms with Crippen molar-refractivity contribution in [2.75, 3.05) is 0 Å². The van der Waals surface area contributed by atoms with E-state index < -0.39 is 0 Å². The molecule has 0 unspecified atom stereocenters. The maximum absolute atomic E-state index is 4.74. The van der Waals surface area contributed by atoms with Crippen molar-refractivity contribution < 1.29 is 4.74 Å². The smallest absolute Gasteiger partial charge is 0.154 e. The standard InChI is InChI=1S/C6H5NO/c1-2-3-5-8-6-4-7/h5H,1,7H2. The van der Waals surface area contributed by atoms with Gasteiger partial charge in [0, 0.05) is 6.04 Å². The van der Waals surface area contributed by atoms with E-state index in [1.807, 2.05) is 6.04 Å². The fourth-order valence-electron chi connectivity index (χ4n) is 0.135. The molecule has 0 rings (SSSR count). The highest BCUT2D eigenvalue weighted by Gasteiger charge is 1.55. The molecule has 0 radical (unpaired) electrons. The summed E-state index contributed by atoms with van der Waals surface area (Å²) in [5.41, 5.74) is 9.49. The highest BCUT2D eigenvalue weighted by atomic mass is 16.5. The Morgan fingerprint density at radius 1 is 1.62 bits per heavy atom. The van der Waals surface area contributed by atoms with Crippen molar-refractivity contribution >= 4 is 0 Å². The van der Waals surface area contributed by atoms with Crippen LogP contribution in [0.25, 0.3) is 0 Å². The molecule has 0 bridgehead atoms. The molecule has 2 nitrogen and oxygen atoms in total. The molecule has 0 aromatic rings. The highest BCUT2D eigenvalue weighted by Crippen LogP contribution is 1.65. The maximum atomic E-state index is 4.74. The summed E-state index contributed by atoms with van der Waals surface area (Å²) in [5.74, 6) is 0. The predicted octanol–water partition coefficient (Wildman–Crippen LogP) is 0.334. The van der Waals surface area contributed by atoms with Crippen molar-refractivity contribution in [3.8, 4) is 12.2 Å². The summed E-state index contributed by atoms with van der Waals surface area (Å²) in [7, 11) is 0. The van der Waals surface area contributed by atoms with Crippen molar-refractivity contribution in [1.29, 1.82) is 0 Å². The van der Waals surface area contributed by atoms with E-state index in [4.69, 9.17) is 5.73 Å². The van der Waals surface area contributed by atoms with Gasteiger partial charge in [-0.05, 0) is 12.3 Å². The molecule has 40 valence electrons. The molecule has 0 aromatic heterocycles. The summed E-state index contributed by atoms with van der Waals surface area (Å²) < 4.78 is 4.40. The molecule has 0 aliphatic rings. The first-order chi connectivity index (χ1) is 3.91. The van der Waals surface area contributed by atoms with Crippen molar-refractivity contribution in [1.82, 2.24) is 0 Å². The summed E-state index contributed by atoms with van der Waals surface area (Å²) >= 11 is 0. The second-order valence-corrected chi connectivity index (χ2v) is 0.803. The Balaban J connectivity index is 3.56. The zero-order valence-corrected chi connectivity index (χ0v) is 4.27. The minimum atomic E-state index is 1.22. The number of ether oxygens (including phenoxy) is 1. The first-order valence-corrected chi connectivity index (χ1v) is 1.87. The van der Waals surface area contributed by atoms with Gasteiger partial charge in [0.1, 0.15) is 6.11 Å². The van der Waals surface area contributed by atoms with Crippen LogP contribution in [0.1, 0.15) is 0 Å². The normalized spacial score (nSPS) is 4.50. The van der Waals surface area contributed by atoms with E-state index in [1.165, 1.54) is 6.26 Å². The molecule has 8 heavy (non-hydrogen) atoms. The van der Waals surface area contributed by atoms with E-state index in [9.17, 15) is 0 Å². The van der Waals surface area contributed by atoms with Crippen molar-refractivity contribution in [2.45, 2.75) is 0 Å². The predicted molar refractivity (Wildman–Crippen MR) is 30.3 cm³/mol. The van der Waals surface area contributed by atoms with E-state index in [0.29, 0.717) is 0 Å². The number of rotatable bonds is 1. The van der Waals surface area contributed by atoms with Crippen LogP contribution in [-0.2, 0) is 4.74 Å². The van der Waals surface area contributed by atoms with Crippen LogP contribution in [0.15, 0.2) is 24.3 Å². The molecule has 0 aliphatic heterocycles. The summed E-state index contributed by atoms with van der Waals surface area (Å²) in [4.78, 5) is 0. The van der Waals surface area contributed by atoms with E-state index in [0.717, 1.165) is 0 Å². The van der Waals surface area contributed by atoms with Crippen molar-refractivity contribution in [3.05, 3.63) is 24.3 Å². The zero-order valence-electron chi connectivity index (χ0n) is 4.27. The Bertz CT molecular complexity index is 184. The minimum absolute atomic E-state index is 1.22. The second-order valence-electron chi connectivity index (χ2n) is 0.803. The molecule has 0 aliphatic carbocycles. The van der Waals surface area contributed by atoms with Crippen LogP contribution in [0.3, 0.4) is 0 Å². The third-order valence-corrected chi connectivity index (χ3v) is 0.338. The third-order valence-electron chi connectivity index (χ3n) is 0.338. The first kappa shape index (κ1) is 6.46. The Kier molecular flexibility index (Phi) is 4.41. The van der Waals surface area contributed by atoms with Gasteiger partial charge in [0.25, 0.3) is 0 Å². The van der Waals surface area contributed by atoms with Gasteiger partial charge in [-0.15, -0.1) is 0 Å². The number of hydrogen-bond donors (Lipinski definition) is 1. The molecule has 0 aromatic carbocycles. The Morgan fingerprint density at radius 3 is 2.88 bits per heavy atom. The Labute approximate surface area is 47.9 Å². The van der Waals surface area contributed by atoms with Gasteiger partial charge in [-0.2, -0.15) is 0 Å². The molecular weight excluding hydrogens is 102 g/mol. The summed E-state index contributed by atoms with van der Waals surface area (Å²) in [5, 5.41) is 0. The average molecular weight is 107 g/mol. The molecule has 2 N–H and O–H groups in total. The van der Waals surface area contributed by atoms with Crippen LogP contribution in [0.2, 0.25) is 0 Å². The molecular formula is C6H5NO. The number of hydrogen-bond acceptors (Lipinski definition) is 2. The second kappa shape index (κ2) is 5.46. The van der Waals surface area contributed by atoms with Crippen LogP contribution in [-0.4, -0.2) is 0 Å². The largest absolute Gasteiger partial charge is 0.405 e. The maximum Gasteiger partial charge on any atom is 0.154 e. The molecule has 0 spiro atoms. The molecule has 0 saturated carbocycles. The van der Waals surface area contributed by atoms with Gasteiger partial charge in [-0.1, -0.05) is 5.73 Å². The van der Waals surface area contributed by atoms with Gasteiger partial charge in [0.05, 0.1) is 0 Å². The van der Waals surface area contributed by atoms with Crippen LogP contribution in [0.5, 0.6) is 0 Å². The van der Waals surface area contributed by atoms with Gasteiger partial charge >= 0.3 is 0 Å². The van der Waals surface area contributed by atoms with Crippen LogP contribution < -0.4 is 5.73 Å².